The first-order valence-electron chi connectivity index (χ1n) is 3.41. The van der Waals surface area contributed by atoms with Gasteiger partial charge in [-0.2, -0.15) is 12.6 Å². The lowest BCUT2D eigenvalue weighted by atomic mass is 10.1. The Kier molecular flexibility index (Phi) is 2.60. The zero-order valence-electron chi connectivity index (χ0n) is 6.41. The molecule has 0 spiro atoms. The third kappa shape index (κ3) is 2.02. The molecule has 0 aliphatic heterocycles. The van der Waals surface area contributed by atoms with Crippen molar-refractivity contribution in [3.63, 3.8) is 0 Å². The fourth-order valence-electron chi connectivity index (χ4n) is 0.919. The molecule has 0 unspecified atom stereocenters. The molecule has 2 heteroatoms. The molecular weight excluding hydrogens is 154 g/mol. The average Bonchev–Trinajstić information content (AvgIpc) is 1.98. The van der Waals surface area contributed by atoms with E-state index in [9.17, 15) is 0 Å². The maximum atomic E-state index is 5.69. The van der Waals surface area contributed by atoms with Crippen molar-refractivity contribution in [1.82, 2.24) is 0 Å². The van der Waals surface area contributed by atoms with Crippen LogP contribution in [0, 0.1) is 6.92 Å². The average molecular weight is 165 g/mol. The third-order valence-electron chi connectivity index (χ3n) is 1.50. The second kappa shape index (κ2) is 3.49. The molecule has 1 nitrogen and oxygen atoms in total. The van der Waals surface area contributed by atoms with E-state index in [4.69, 9.17) is 5.73 Å². The summed E-state index contributed by atoms with van der Waals surface area (Å²) in [5.74, 6) is 0. The smallest absolute Gasteiger partial charge is 0.0388 e. The highest BCUT2D eigenvalue weighted by atomic mass is 32.1. The Morgan fingerprint density at radius 3 is 2.82 bits per heavy atom. The van der Waals surface area contributed by atoms with Crippen LogP contribution < -0.4 is 5.73 Å². The first-order chi connectivity index (χ1) is 5.24. The lowest BCUT2D eigenvalue weighted by Gasteiger charge is -2.00. The summed E-state index contributed by atoms with van der Waals surface area (Å²) in [6, 6.07) is 5.92. The van der Waals surface area contributed by atoms with Crippen molar-refractivity contribution in [2.45, 2.75) is 6.92 Å². The molecule has 58 valence electrons. The number of hydrogen-bond donors (Lipinski definition) is 2. The Balaban J connectivity index is 3.12. The Morgan fingerprint density at radius 2 is 2.18 bits per heavy atom. The monoisotopic (exact) mass is 165 g/mol. The van der Waals surface area contributed by atoms with Crippen LogP contribution in [-0.2, 0) is 0 Å². The van der Waals surface area contributed by atoms with Gasteiger partial charge in [0.25, 0.3) is 0 Å². The molecule has 0 amide bonds. The molecule has 0 atom stereocenters. The first-order valence-corrected chi connectivity index (χ1v) is 3.92. The van der Waals surface area contributed by atoms with Gasteiger partial charge in [0, 0.05) is 5.69 Å². The molecule has 0 saturated carbocycles. The van der Waals surface area contributed by atoms with Gasteiger partial charge in [0.15, 0.2) is 0 Å². The van der Waals surface area contributed by atoms with Crippen LogP contribution in [0.4, 0.5) is 5.69 Å². The molecule has 11 heavy (non-hydrogen) atoms. The maximum absolute atomic E-state index is 5.69. The normalized spacial score (nSPS) is 10.7. The molecule has 2 N–H and O–H groups in total. The van der Waals surface area contributed by atoms with Crippen LogP contribution in [0.15, 0.2) is 23.6 Å². The van der Waals surface area contributed by atoms with Crippen LogP contribution in [0.5, 0.6) is 0 Å². The topological polar surface area (TPSA) is 26.0 Å². The van der Waals surface area contributed by atoms with Gasteiger partial charge in [-0.25, -0.2) is 0 Å². The van der Waals surface area contributed by atoms with Crippen LogP contribution in [-0.4, -0.2) is 0 Å². The molecular formula is C9H11NS. The van der Waals surface area contributed by atoms with E-state index in [1.807, 2.05) is 31.2 Å². The summed E-state index contributed by atoms with van der Waals surface area (Å²) in [4.78, 5) is 0. The van der Waals surface area contributed by atoms with E-state index in [1.54, 1.807) is 5.41 Å². The van der Waals surface area contributed by atoms with Gasteiger partial charge < -0.3 is 5.73 Å². The highest BCUT2D eigenvalue weighted by Gasteiger charge is 1.93. The van der Waals surface area contributed by atoms with Crippen molar-refractivity contribution in [3.8, 4) is 0 Å². The third-order valence-corrected chi connectivity index (χ3v) is 1.65. The highest BCUT2D eigenvalue weighted by Crippen LogP contribution is 2.15. The number of benzene rings is 1. The van der Waals surface area contributed by atoms with Crippen molar-refractivity contribution in [1.29, 1.82) is 0 Å². The van der Waals surface area contributed by atoms with Crippen LogP contribution in [0.3, 0.4) is 0 Å². The van der Waals surface area contributed by atoms with Gasteiger partial charge in [-0.3, -0.25) is 0 Å². The second-order valence-corrected chi connectivity index (χ2v) is 2.75. The predicted octanol–water partition coefficient (Wildman–Crippen LogP) is 2.48. The number of aryl methyl sites for hydroxylation is 1. The lowest BCUT2D eigenvalue weighted by molar-refractivity contribution is 1.46. The molecule has 0 heterocycles. The summed E-state index contributed by atoms with van der Waals surface area (Å²) in [6.45, 7) is 2.04. The second-order valence-electron chi connectivity index (χ2n) is 2.45. The predicted molar refractivity (Wildman–Crippen MR) is 53.6 cm³/mol. The summed E-state index contributed by atoms with van der Waals surface area (Å²) in [5, 5.41) is 1.69. The van der Waals surface area contributed by atoms with Gasteiger partial charge in [0.1, 0.15) is 0 Å². The van der Waals surface area contributed by atoms with Crippen LogP contribution in [0.25, 0.3) is 6.08 Å². The van der Waals surface area contributed by atoms with Crippen LogP contribution >= 0.6 is 12.6 Å². The molecule has 0 saturated heterocycles. The summed E-state index contributed by atoms with van der Waals surface area (Å²) >= 11 is 3.98. The largest absolute Gasteiger partial charge is 0.398 e. The summed E-state index contributed by atoms with van der Waals surface area (Å²) in [6.07, 6.45) is 1.88. The Bertz CT molecular complexity index is 279. The Hall–Kier alpha value is -0.890. The van der Waals surface area contributed by atoms with E-state index in [0.29, 0.717) is 0 Å². The zero-order valence-corrected chi connectivity index (χ0v) is 7.31. The minimum Gasteiger partial charge on any atom is -0.398 e. The number of rotatable bonds is 1. The number of nitrogen functional groups attached to an aromatic ring is 1. The van der Waals surface area contributed by atoms with Crippen LogP contribution in [0.2, 0.25) is 0 Å². The van der Waals surface area contributed by atoms with Crippen molar-refractivity contribution in [2.24, 2.45) is 0 Å². The molecule has 0 aromatic heterocycles. The lowest BCUT2D eigenvalue weighted by Crippen LogP contribution is -1.88. The molecule has 1 aromatic rings. The standard InChI is InChI=1S/C9H11NS/c1-7-2-3-9(10)8(6-7)4-5-11/h2-6,11H,10H2,1H3/b5-4-. The summed E-state index contributed by atoms with van der Waals surface area (Å²) in [5.41, 5.74) is 8.72. The quantitative estimate of drug-likeness (QED) is 0.485. The van der Waals surface area contributed by atoms with Gasteiger partial charge in [-0.05, 0) is 36.1 Å². The fraction of sp³-hybridized carbons (Fsp3) is 0.111. The Labute approximate surface area is 72.3 Å². The molecule has 1 rings (SSSR count). The summed E-state index contributed by atoms with van der Waals surface area (Å²) in [7, 11) is 0. The van der Waals surface area contributed by atoms with E-state index in [2.05, 4.69) is 12.6 Å². The molecule has 1 aromatic carbocycles. The number of nitrogens with two attached hydrogens (primary N) is 1. The van der Waals surface area contributed by atoms with Gasteiger partial charge in [0.05, 0.1) is 0 Å². The van der Waals surface area contributed by atoms with Crippen LogP contribution in [0.1, 0.15) is 11.1 Å². The van der Waals surface area contributed by atoms with Crippen molar-refractivity contribution < 1.29 is 0 Å². The number of anilines is 1. The first kappa shape index (κ1) is 8.21. The molecule has 0 fully saturated rings. The minimum absolute atomic E-state index is 0.793. The SMILES string of the molecule is Cc1ccc(N)c(/C=C\S)c1. The van der Waals surface area contributed by atoms with E-state index >= 15 is 0 Å². The molecule has 0 aliphatic rings. The fourth-order valence-corrected chi connectivity index (χ4v) is 1.08. The zero-order chi connectivity index (χ0) is 8.27. The molecule has 0 radical (unpaired) electrons. The van der Waals surface area contributed by atoms with Gasteiger partial charge >= 0.3 is 0 Å². The van der Waals surface area contributed by atoms with Crippen molar-refractivity contribution in [3.05, 3.63) is 34.7 Å². The van der Waals surface area contributed by atoms with E-state index < -0.39 is 0 Å². The van der Waals surface area contributed by atoms with E-state index in [0.717, 1.165) is 11.3 Å². The Morgan fingerprint density at radius 1 is 1.45 bits per heavy atom. The van der Waals surface area contributed by atoms with E-state index in [-0.39, 0.29) is 0 Å². The number of hydrogen-bond acceptors (Lipinski definition) is 2. The summed E-state index contributed by atoms with van der Waals surface area (Å²) < 4.78 is 0. The van der Waals surface area contributed by atoms with Crippen molar-refractivity contribution in [2.75, 3.05) is 5.73 Å². The van der Waals surface area contributed by atoms with Crippen molar-refractivity contribution >= 4 is 24.4 Å². The molecule has 0 bridgehead atoms. The molecule has 0 aliphatic carbocycles. The van der Waals surface area contributed by atoms with Gasteiger partial charge in [0.2, 0.25) is 0 Å². The maximum Gasteiger partial charge on any atom is 0.0388 e. The van der Waals surface area contributed by atoms with Gasteiger partial charge in [-0.1, -0.05) is 11.6 Å². The highest BCUT2D eigenvalue weighted by molar-refractivity contribution is 7.83. The van der Waals surface area contributed by atoms with Gasteiger partial charge in [-0.15, -0.1) is 0 Å². The minimum atomic E-state index is 0.793. The number of thiol groups is 1. The van der Waals surface area contributed by atoms with E-state index in [1.165, 1.54) is 5.56 Å².